The van der Waals surface area contributed by atoms with Crippen LogP contribution < -0.4 is 5.32 Å². The number of nitrogens with one attached hydrogen (secondary N) is 1. The van der Waals surface area contributed by atoms with Gasteiger partial charge in [0.2, 0.25) is 0 Å². The van der Waals surface area contributed by atoms with Crippen LogP contribution in [0.4, 0.5) is 0 Å². The van der Waals surface area contributed by atoms with E-state index in [9.17, 15) is 9.59 Å². The maximum Gasteiger partial charge on any atom is 0.325 e. The highest BCUT2D eigenvalue weighted by molar-refractivity contribution is 9.10. The van der Waals surface area contributed by atoms with Crippen LogP contribution in [0.15, 0.2) is 22.9 Å². The number of ether oxygens (including phenoxy) is 1. The summed E-state index contributed by atoms with van der Waals surface area (Å²) in [5.41, 5.74) is 0.388. The molecule has 0 aliphatic rings. The van der Waals surface area contributed by atoms with Crippen molar-refractivity contribution in [3.8, 4) is 0 Å². The first-order valence-corrected chi connectivity index (χ1v) is 5.47. The van der Waals surface area contributed by atoms with Crippen LogP contribution in [0, 0.1) is 0 Å². The number of amides is 1. The number of hydrogen-bond acceptors (Lipinski definition) is 4. The maximum absolute atomic E-state index is 11.5. The molecule has 0 radical (unpaired) electrons. The van der Waals surface area contributed by atoms with Crippen LogP contribution in [0.25, 0.3) is 0 Å². The van der Waals surface area contributed by atoms with Gasteiger partial charge >= 0.3 is 5.97 Å². The molecule has 5 nitrogen and oxygen atoms in total. The number of halogens is 1. The fourth-order valence-electron chi connectivity index (χ4n) is 1.00. The number of carbonyl (C=O) groups excluding carboxylic acids is 2. The van der Waals surface area contributed by atoms with Crippen molar-refractivity contribution in [3.05, 3.63) is 28.5 Å². The van der Waals surface area contributed by atoms with Crippen molar-refractivity contribution in [2.24, 2.45) is 0 Å². The Kier molecular flexibility index (Phi) is 4.91. The summed E-state index contributed by atoms with van der Waals surface area (Å²) in [7, 11) is 0. The molecule has 1 aromatic rings. The van der Waals surface area contributed by atoms with Crippen LogP contribution >= 0.6 is 15.9 Å². The van der Waals surface area contributed by atoms with Gasteiger partial charge in [-0.1, -0.05) is 0 Å². The predicted molar refractivity (Wildman–Crippen MR) is 60.9 cm³/mol. The van der Waals surface area contributed by atoms with Crippen molar-refractivity contribution in [3.63, 3.8) is 0 Å². The molecule has 86 valence electrons. The number of esters is 1. The first kappa shape index (κ1) is 12.6. The van der Waals surface area contributed by atoms with Crippen molar-refractivity contribution < 1.29 is 14.3 Å². The number of hydrogen-bond donors (Lipinski definition) is 1. The van der Waals surface area contributed by atoms with Gasteiger partial charge in [-0.2, -0.15) is 0 Å². The normalized spacial score (nSPS) is 9.62. The molecule has 0 saturated heterocycles. The minimum atomic E-state index is -0.459. The van der Waals surface area contributed by atoms with Crippen molar-refractivity contribution >= 4 is 27.8 Å². The van der Waals surface area contributed by atoms with Gasteiger partial charge in [-0.25, -0.2) is 0 Å². The van der Waals surface area contributed by atoms with E-state index in [4.69, 9.17) is 0 Å². The Morgan fingerprint density at radius 3 is 2.88 bits per heavy atom. The predicted octanol–water partition coefficient (Wildman–Crippen LogP) is 1.14. The van der Waals surface area contributed by atoms with E-state index in [-0.39, 0.29) is 12.5 Å². The van der Waals surface area contributed by atoms with E-state index in [0.717, 1.165) is 0 Å². The largest absolute Gasteiger partial charge is 0.465 e. The van der Waals surface area contributed by atoms with Gasteiger partial charge < -0.3 is 10.1 Å². The molecule has 0 aromatic carbocycles. The van der Waals surface area contributed by atoms with E-state index >= 15 is 0 Å². The molecule has 1 aromatic heterocycles. The second-order valence-corrected chi connectivity index (χ2v) is 3.80. The monoisotopic (exact) mass is 286 g/mol. The highest BCUT2D eigenvalue weighted by atomic mass is 79.9. The Morgan fingerprint density at radius 1 is 1.50 bits per heavy atom. The second-order valence-electron chi connectivity index (χ2n) is 2.88. The summed E-state index contributed by atoms with van der Waals surface area (Å²) in [6.45, 7) is 1.87. The number of pyridine rings is 1. The topological polar surface area (TPSA) is 68.3 Å². The number of rotatable bonds is 4. The summed E-state index contributed by atoms with van der Waals surface area (Å²) in [6, 6.07) is 1.62. The van der Waals surface area contributed by atoms with Gasteiger partial charge in [0.05, 0.1) is 12.2 Å². The van der Waals surface area contributed by atoms with Crippen LogP contribution in [-0.2, 0) is 9.53 Å². The summed E-state index contributed by atoms with van der Waals surface area (Å²) in [5.74, 6) is -0.819. The third kappa shape index (κ3) is 3.98. The summed E-state index contributed by atoms with van der Waals surface area (Å²) in [4.78, 5) is 26.4. The minimum Gasteiger partial charge on any atom is -0.465 e. The summed E-state index contributed by atoms with van der Waals surface area (Å²) >= 11 is 3.20. The quantitative estimate of drug-likeness (QED) is 0.843. The third-order valence-electron chi connectivity index (χ3n) is 1.67. The third-order valence-corrected chi connectivity index (χ3v) is 2.10. The van der Waals surface area contributed by atoms with Crippen LogP contribution in [0.3, 0.4) is 0 Å². The van der Waals surface area contributed by atoms with Gasteiger partial charge in [-0.3, -0.25) is 14.6 Å². The van der Waals surface area contributed by atoms with Gasteiger partial charge in [-0.05, 0) is 28.9 Å². The SMILES string of the molecule is CCOC(=O)CNC(=O)c1cncc(Br)c1. The smallest absolute Gasteiger partial charge is 0.325 e. The van der Waals surface area contributed by atoms with Gasteiger partial charge in [0.1, 0.15) is 6.54 Å². The lowest BCUT2D eigenvalue weighted by molar-refractivity contribution is -0.141. The van der Waals surface area contributed by atoms with Crippen molar-refractivity contribution in [2.45, 2.75) is 6.92 Å². The average molecular weight is 287 g/mol. The second kappa shape index (κ2) is 6.22. The zero-order valence-electron chi connectivity index (χ0n) is 8.70. The molecule has 0 saturated carbocycles. The van der Waals surface area contributed by atoms with Crippen LogP contribution in [0.1, 0.15) is 17.3 Å². The summed E-state index contributed by atoms with van der Waals surface area (Å²) < 4.78 is 5.38. The molecule has 1 rings (SSSR count). The fraction of sp³-hybridized carbons (Fsp3) is 0.300. The molecule has 1 N–H and O–H groups in total. The van der Waals surface area contributed by atoms with Crippen LogP contribution in [-0.4, -0.2) is 30.0 Å². The lowest BCUT2D eigenvalue weighted by atomic mass is 10.3. The molecule has 0 aliphatic carbocycles. The number of aromatic nitrogens is 1. The van der Waals surface area contributed by atoms with Crippen LogP contribution in [0.5, 0.6) is 0 Å². The van der Waals surface area contributed by atoms with E-state index in [2.05, 4.69) is 31.0 Å². The molecule has 0 unspecified atom stereocenters. The van der Waals surface area contributed by atoms with Gasteiger partial charge in [-0.15, -0.1) is 0 Å². The molecule has 0 aliphatic heterocycles. The number of carbonyl (C=O) groups is 2. The Labute approximate surface area is 101 Å². The van der Waals surface area contributed by atoms with Crippen LogP contribution in [0.2, 0.25) is 0 Å². The first-order valence-electron chi connectivity index (χ1n) is 4.68. The molecule has 0 fully saturated rings. The van der Waals surface area contributed by atoms with E-state index in [0.29, 0.717) is 16.6 Å². The van der Waals surface area contributed by atoms with Gasteiger partial charge in [0, 0.05) is 16.9 Å². The van der Waals surface area contributed by atoms with E-state index in [1.807, 2.05) is 0 Å². The van der Waals surface area contributed by atoms with Crippen molar-refractivity contribution in [1.29, 1.82) is 0 Å². The highest BCUT2D eigenvalue weighted by Gasteiger charge is 2.08. The molecule has 1 heterocycles. The Bertz CT molecular complexity index is 395. The first-order chi connectivity index (χ1) is 7.63. The molecule has 6 heteroatoms. The van der Waals surface area contributed by atoms with E-state index < -0.39 is 5.97 Å². The Balaban J connectivity index is 2.50. The van der Waals surface area contributed by atoms with Crippen molar-refractivity contribution in [1.82, 2.24) is 10.3 Å². The Morgan fingerprint density at radius 2 is 2.25 bits per heavy atom. The number of nitrogens with zero attached hydrogens (tertiary/aromatic N) is 1. The molecule has 1 amide bonds. The fourth-order valence-corrected chi connectivity index (χ4v) is 1.37. The molecule has 0 spiro atoms. The van der Waals surface area contributed by atoms with E-state index in [1.54, 1.807) is 19.2 Å². The van der Waals surface area contributed by atoms with Gasteiger partial charge in [0.25, 0.3) is 5.91 Å². The van der Waals surface area contributed by atoms with Crippen molar-refractivity contribution in [2.75, 3.05) is 13.2 Å². The maximum atomic E-state index is 11.5. The zero-order chi connectivity index (χ0) is 12.0. The molecule has 0 atom stereocenters. The highest BCUT2D eigenvalue weighted by Crippen LogP contribution is 2.09. The minimum absolute atomic E-state index is 0.140. The van der Waals surface area contributed by atoms with Gasteiger partial charge in [0.15, 0.2) is 0 Å². The lowest BCUT2D eigenvalue weighted by Gasteiger charge is -2.04. The zero-order valence-corrected chi connectivity index (χ0v) is 10.3. The summed E-state index contributed by atoms with van der Waals surface area (Å²) in [6.07, 6.45) is 2.99. The molecular formula is C10H11BrN2O3. The molecule has 16 heavy (non-hydrogen) atoms. The molecular weight excluding hydrogens is 276 g/mol. The average Bonchev–Trinajstić information content (AvgIpc) is 2.26. The Hall–Kier alpha value is -1.43. The lowest BCUT2D eigenvalue weighted by Crippen LogP contribution is -2.30. The molecule has 0 bridgehead atoms. The standard InChI is InChI=1S/C10H11BrN2O3/c1-2-16-9(14)6-13-10(15)7-3-8(11)5-12-4-7/h3-5H,2,6H2,1H3,(H,13,15). The summed E-state index contributed by atoms with van der Waals surface area (Å²) in [5, 5.41) is 2.44. The van der Waals surface area contributed by atoms with E-state index in [1.165, 1.54) is 6.20 Å².